The van der Waals surface area contributed by atoms with E-state index in [1.54, 1.807) is 12.1 Å². The van der Waals surface area contributed by atoms with Crippen molar-refractivity contribution in [3.8, 4) is 11.3 Å². The van der Waals surface area contributed by atoms with Crippen LogP contribution >= 0.6 is 11.6 Å². The number of carbonyl (C=O) groups excluding carboxylic acids is 1. The van der Waals surface area contributed by atoms with Crippen molar-refractivity contribution in [3.05, 3.63) is 58.7 Å². The van der Waals surface area contributed by atoms with Crippen LogP contribution in [0, 0.1) is 5.41 Å². The molecule has 0 bridgehead atoms. The summed E-state index contributed by atoms with van der Waals surface area (Å²) < 4.78 is 42.2. The lowest BCUT2D eigenvalue weighted by atomic mass is 9.75. The minimum atomic E-state index is -4.41. The van der Waals surface area contributed by atoms with Crippen LogP contribution in [0.25, 0.3) is 11.3 Å². The Balaban J connectivity index is 1.38. The van der Waals surface area contributed by atoms with E-state index in [4.69, 9.17) is 11.6 Å². The number of carbonyl (C=O) groups is 1. The Morgan fingerprint density at radius 1 is 1.11 bits per heavy atom. The third-order valence-electron chi connectivity index (χ3n) is 7.72. The maximum absolute atomic E-state index is 14.1. The van der Waals surface area contributed by atoms with Gasteiger partial charge in [-0.25, -0.2) is 0 Å². The predicted molar refractivity (Wildman–Crippen MR) is 142 cm³/mol. The summed E-state index contributed by atoms with van der Waals surface area (Å²) in [5.74, 6) is 0.520. The van der Waals surface area contributed by atoms with E-state index in [2.05, 4.69) is 20.4 Å². The van der Waals surface area contributed by atoms with Gasteiger partial charge in [-0.1, -0.05) is 29.8 Å². The molecule has 1 N–H and O–H groups in total. The quantitative estimate of drug-likeness (QED) is 0.595. The number of fused-ring (bicyclic) bond motifs is 1. The zero-order valence-corrected chi connectivity index (χ0v) is 22.1. The molecule has 3 heterocycles. The second-order valence-corrected chi connectivity index (χ2v) is 10.7. The molecule has 1 amide bonds. The van der Waals surface area contributed by atoms with Crippen molar-refractivity contribution in [2.24, 2.45) is 5.41 Å². The first-order valence-electron chi connectivity index (χ1n) is 12.6. The number of nitrogens with zero attached hydrogens (tertiary/aromatic N) is 5. The van der Waals surface area contributed by atoms with Gasteiger partial charge in [-0.3, -0.25) is 4.79 Å². The SMILES string of the molecule is CN1CCN(C(=O)c2ccc(-c3cc4c(nn3)NCCN4CC3=CC(Cl)=CCC3(C)C(F)(F)F)cc2)CC1. The lowest BCUT2D eigenvalue weighted by molar-refractivity contribution is -0.203. The van der Waals surface area contributed by atoms with Crippen LogP contribution in [-0.2, 0) is 0 Å². The Morgan fingerprint density at radius 3 is 2.50 bits per heavy atom. The topological polar surface area (TPSA) is 64.6 Å². The highest BCUT2D eigenvalue weighted by molar-refractivity contribution is 6.31. The number of likely N-dealkylation sites (N-methyl/N-ethyl adjacent to an activating group) is 1. The third-order valence-corrected chi connectivity index (χ3v) is 7.98. The zero-order valence-electron chi connectivity index (χ0n) is 21.4. The molecule has 1 fully saturated rings. The fourth-order valence-corrected chi connectivity index (χ4v) is 5.21. The van der Waals surface area contributed by atoms with Gasteiger partial charge >= 0.3 is 6.18 Å². The molecule has 2 aromatic rings. The van der Waals surface area contributed by atoms with Crippen molar-refractivity contribution in [2.45, 2.75) is 19.5 Å². The molecule has 0 saturated carbocycles. The maximum atomic E-state index is 14.1. The lowest BCUT2D eigenvalue weighted by Crippen LogP contribution is -2.47. The fourth-order valence-electron chi connectivity index (χ4n) is 5.00. The maximum Gasteiger partial charge on any atom is 0.398 e. The number of amides is 1. The monoisotopic (exact) mass is 546 g/mol. The van der Waals surface area contributed by atoms with Crippen molar-refractivity contribution < 1.29 is 18.0 Å². The van der Waals surface area contributed by atoms with Gasteiger partial charge in [-0.05, 0) is 50.2 Å². The summed E-state index contributed by atoms with van der Waals surface area (Å²) in [6.07, 6.45) is -1.74. The number of alkyl halides is 3. The van der Waals surface area contributed by atoms with Crippen molar-refractivity contribution in [1.82, 2.24) is 20.0 Å². The Kier molecular flexibility index (Phi) is 7.13. The molecule has 38 heavy (non-hydrogen) atoms. The second kappa shape index (κ2) is 10.2. The average molecular weight is 547 g/mol. The number of benzene rings is 1. The Hall–Kier alpha value is -3.11. The summed E-state index contributed by atoms with van der Waals surface area (Å²) in [5.41, 5.74) is 0.846. The van der Waals surface area contributed by atoms with Gasteiger partial charge < -0.3 is 20.0 Å². The first-order chi connectivity index (χ1) is 18.0. The molecule has 3 aliphatic rings. The largest absolute Gasteiger partial charge is 0.398 e. The molecule has 5 rings (SSSR count). The number of allylic oxidation sites excluding steroid dienone is 3. The van der Waals surface area contributed by atoms with E-state index in [1.165, 1.54) is 19.1 Å². The minimum absolute atomic E-state index is 0.00210. The van der Waals surface area contributed by atoms with Gasteiger partial charge in [-0.15, -0.1) is 10.2 Å². The van der Waals surface area contributed by atoms with Crippen molar-refractivity contribution in [3.63, 3.8) is 0 Å². The highest BCUT2D eigenvalue weighted by Crippen LogP contribution is 2.50. The number of hydrogen-bond acceptors (Lipinski definition) is 6. The first kappa shape index (κ1) is 26.5. The molecule has 7 nitrogen and oxygen atoms in total. The Bertz CT molecular complexity index is 1270. The van der Waals surface area contributed by atoms with Crippen LogP contribution in [0.5, 0.6) is 0 Å². The minimum Gasteiger partial charge on any atom is -0.365 e. The van der Waals surface area contributed by atoms with Gasteiger partial charge in [0.05, 0.1) is 16.8 Å². The van der Waals surface area contributed by atoms with E-state index in [0.29, 0.717) is 54.0 Å². The van der Waals surface area contributed by atoms with Crippen LogP contribution in [0.2, 0.25) is 0 Å². The molecular formula is C27H30ClF3N6O. The van der Waals surface area contributed by atoms with E-state index in [9.17, 15) is 18.0 Å². The number of piperazine rings is 1. The molecule has 1 atom stereocenters. The highest BCUT2D eigenvalue weighted by atomic mass is 35.5. The molecule has 202 valence electrons. The predicted octanol–water partition coefficient (Wildman–Crippen LogP) is 4.78. The number of hydrogen-bond donors (Lipinski definition) is 1. The first-order valence-corrected chi connectivity index (χ1v) is 13.0. The summed E-state index contributed by atoms with van der Waals surface area (Å²) >= 11 is 6.14. The third kappa shape index (κ3) is 5.11. The number of rotatable bonds is 4. The summed E-state index contributed by atoms with van der Waals surface area (Å²) in [4.78, 5) is 18.8. The van der Waals surface area contributed by atoms with Gasteiger partial charge in [-0.2, -0.15) is 13.2 Å². The molecule has 1 aromatic carbocycles. The molecule has 1 unspecified atom stereocenters. The Labute approximate surface area is 224 Å². The van der Waals surface area contributed by atoms with Crippen LogP contribution in [0.3, 0.4) is 0 Å². The molecular weight excluding hydrogens is 517 g/mol. The normalized spacial score (nSPS) is 22.4. The standard InChI is InChI=1S/C27H30ClF3N6O/c1-26(27(29,30)31)8-7-21(28)15-20(26)17-37-10-9-32-24-23(37)16-22(33-34-24)18-3-5-19(6-4-18)25(38)36-13-11-35(2)12-14-36/h3-7,15-16H,8-14,17H2,1-2H3,(H,32,34). The fraction of sp³-hybridized carbons (Fsp3) is 0.444. The van der Waals surface area contributed by atoms with Crippen molar-refractivity contribution in [2.75, 3.05) is 63.1 Å². The Morgan fingerprint density at radius 2 is 1.82 bits per heavy atom. The van der Waals surface area contributed by atoms with E-state index >= 15 is 0 Å². The summed E-state index contributed by atoms with van der Waals surface area (Å²) in [5, 5.41) is 12.1. The van der Waals surface area contributed by atoms with E-state index in [-0.39, 0.29) is 24.4 Å². The highest BCUT2D eigenvalue weighted by Gasteiger charge is 2.53. The molecule has 1 saturated heterocycles. The summed E-state index contributed by atoms with van der Waals surface area (Å²) in [7, 11) is 2.04. The van der Waals surface area contributed by atoms with Crippen LogP contribution in [0.1, 0.15) is 23.7 Å². The van der Waals surface area contributed by atoms with Crippen molar-refractivity contribution >= 4 is 29.0 Å². The molecule has 1 aromatic heterocycles. The number of aromatic nitrogens is 2. The lowest BCUT2D eigenvalue weighted by Gasteiger charge is -2.40. The number of anilines is 2. The molecule has 1 aliphatic carbocycles. The van der Waals surface area contributed by atoms with E-state index in [1.807, 2.05) is 35.0 Å². The van der Waals surface area contributed by atoms with Crippen molar-refractivity contribution in [1.29, 1.82) is 0 Å². The molecule has 2 aliphatic heterocycles. The van der Waals surface area contributed by atoms with Crippen LogP contribution < -0.4 is 10.2 Å². The van der Waals surface area contributed by atoms with E-state index in [0.717, 1.165) is 18.7 Å². The van der Waals surface area contributed by atoms with Gasteiger partial charge in [0.15, 0.2) is 5.82 Å². The molecule has 11 heteroatoms. The summed E-state index contributed by atoms with van der Waals surface area (Å²) in [6.45, 7) is 5.41. The average Bonchev–Trinajstić information content (AvgIpc) is 2.90. The van der Waals surface area contributed by atoms with Gasteiger partial charge in [0.1, 0.15) is 0 Å². The van der Waals surface area contributed by atoms with Gasteiger partial charge in [0.25, 0.3) is 5.91 Å². The van der Waals surface area contributed by atoms with Crippen LogP contribution in [-0.4, -0.2) is 84.9 Å². The number of nitrogens with one attached hydrogen (secondary N) is 1. The van der Waals surface area contributed by atoms with Crippen LogP contribution in [0.15, 0.2) is 53.1 Å². The van der Waals surface area contributed by atoms with Gasteiger partial charge in [0, 0.05) is 62.0 Å². The molecule has 0 radical (unpaired) electrons. The van der Waals surface area contributed by atoms with Crippen LogP contribution in [0.4, 0.5) is 24.7 Å². The summed E-state index contributed by atoms with van der Waals surface area (Å²) in [6, 6.07) is 9.05. The number of halogens is 4. The van der Waals surface area contributed by atoms with Gasteiger partial charge in [0.2, 0.25) is 0 Å². The smallest absolute Gasteiger partial charge is 0.365 e. The second-order valence-electron chi connectivity index (χ2n) is 10.3. The molecule has 0 spiro atoms. The zero-order chi connectivity index (χ0) is 27.1. The van der Waals surface area contributed by atoms with E-state index < -0.39 is 11.6 Å².